The Morgan fingerprint density at radius 2 is 1.58 bits per heavy atom. The molecular formula is C27H26N2O9. The van der Waals surface area contributed by atoms with Crippen LogP contribution < -0.4 is 19.7 Å². The van der Waals surface area contributed by atoms with E-state index < -0.39 is 52.5 Å². The van der Waals surface area contributed by atoms with Gasteiger partial charge in [-0.15, -0.1) is 0 Å². The summed E-state index contributed by atoms with van der Waals surface area (Å²) in [5.41, 5.74) is 1.08. The first kappa shape index (κ1) is 26.4. The van der Waals surface area contributed by atoms with Gasteiger partial charge in [-0.1, -0.05) is 0 Å². The number of carbonyl (C=O) groups excluding carboxylic acids is 5. The molecule has 0 bridgehead atoms. The Hall–Kier alpha value is -4.67. The zero-order valence-corrected chi connectivity index (χ0v) is 21.4. The number of nitrogens with one attached hydrogen (secondary N) is 1. The van der Waals surface area contributed by atoms with Crippen molar-refractivity contribution in [1.29, 1.82) is 0 Å². The molecule has 0 saturated heterocycles. The number of anilines is 1. The van der Waals surface area contributed by atoms with Gasteiger partial charge in [0.25, 0.3) is 5.91 Å². The first-order valence-corrected chi connectivity index (χ1v) is 11.7. The number of rotatable bonds is 4. The van der Waals surface area contributed by atoms with Crippen LogP contribution in [0.4, 0.5) is 5.69 Å². The number of ether oxygens (including phenoxy) is 2. The van der Waals surface area contributed by atoms with Crippen LogP contribution in [0.25, 0.3) is 5.76 Å². The van der Waals surface area contributed by atoms with Gasteiger partial charge in [0.15, 0.2) is 5.78 Å². The fraction of sp³-hybridized carbons (Fsp3) is 0.296. The second-order valence-electron chi connectivity index (χ2n) is 9.36. The predicted octanol–water partition coefficient (Wildman–Crippen LogP) is 2.47. The highest BCUT2D eigenvalue weighted by Crippen LogP contribution is 2.49. The Morgan fingerprint density at radius 1 is 0.947 bits per heavy atom. The van der Waals surface area contributed by atoms with Gasteiger partial charge in [0.2, 0.25) is 5.91 Å². The van der Waals surface area contributed by atoms with E-state index in [1.54, 1.807) is 6.07 Å². The van der Waals surface area contributed by atoms with Crippen LogP contribution in [0.2, 0.25) is 0 Å². The number of imide groups is 1. The fourth-order valence-corrected chi connectivity index (χ4v) is 5.07. The van der Waals surface area contributed by atoms with Crippen LogP contribution in [0.1, 0.15) is 58.2 Å². The van der Waals surface area contributed by atoms with Crippen LogP contribution in [-0.2, 0) is 27.2 Å². The molecule has 0 radical (unpaired) electrons. The molecule has 11 nitrogen and oxygen atoms in total. The summed E-state index contributed by atoms with van der Waals surface area (Å²) >= 11 is 0. The van der Waals surface area contributed by atoms with Crippen LogP contribution in [0.3, 0.4) is 0 Å². The molecule has 38 heavy (non-hydrogen) atoms. The number of allylic oxidation sites excluding steroid dienone is 1. The van der Waals surface area contributed by atoms with E-state index in [2.05, 4.69) is 0 Å². The van der Waals surface area contributed by atoms with Crippen LogP contribution >= 0.6 is 0 Å². The second kappa shape index (κ2) is 9.66. The first-order valence-electron chi connectivity index (χ1n) is 11.7. The third kappa shape index (κ3) is 4.47. The maximum atomic E-state index is 13.8. The maximum Gasteiger partial charge on any atom is 0.308 e. The minimum atomic E-state index is -1.07. The Bertz CT molecular complexity index is 1470. The number of carbonyl (C=O) groups is 5. The topological polar surface area (TPSA) is 160 Å². The first-order chi connectivity index (χ1) is 17.8. The molecule has 198 valence electrons. The third-order valence-corrected chi connectivity index (χ3v) is 6.39. The lowest BCUT2D eigenvalue weighted by Crippen LogP contribution is -2.32. The minimum absolute atomic E-state index is 0.0113. The van der Waals surface area contributed by atoms with Crippen LogP contribution in [-0.4, -0.2) is 53.8 Å². The van der Waals surface area contributed by atoms with Crippen molar-refractivity contribution in [3.8, 4) is 17.2 Å². The molecule has 0 fully saturated rings. The van der Waals surface area contributed by atoms with Crippen LogP contribution in [0, 0.1) is 5.92 Å². The van der Waals surface area contributed by atoms with Crippen molar-refractivity contribution in [2.45, 2.75) is 33.6 Å². The smallest absolute Gasteiger partial charge is 0.308 e. The minimum Gasteiger partial charge on any atom is -0.507 e. The monoisotopic (exact) mass is 522 g/mol. The number of phenolic OH excluding ortho intramolecular Hbond substituents is 1. The van der Waals surface area contributed by atoms with Gasteiger partial charge in [-0.2, -0.15) is 0 Å². The highest BCUT2D eigenvalue weighted by Gasteiger charge is 2.42. The standard InChI is InChI=1S/C27H26N2O9/c1-11(30)28-27(36)23-19(38-13(3)32)10-15-8-14-9-16-17(29(4)5)6-7-18(37-12(2)31)22(16)25(34)20(14)24(33)21(15)26(23)35/h6-7,10,14,34-35H,8-9H2,1-5H3,(H,28,30,36). The molecule has 0 saturated carbocycles. The average Bonchev–Trinajstić information content (AvgIpc) is 2.77. The van der Waals surface area contributed by atoms with Gasteiger partial charge in [-0.25, -0.2) is 0 Å². The molecule has 4 rings (SSSR count). The number of nitrogens with zero attached hydrogens (tertiary/aromatic N) is 1. The molecule has 2 amide bonds. The number of Topliss-reactive ketones (excluding diaryl/α,β-unsaturated/α-hetero) is 1. The largest absolute Gasteiger partial charge is 0.507 e. The number of aliphatic hydroxyl groups is 1. The number of ketones is 1. The van der Waals surface area contributed by atoms with Gasteiger partial charge < -0.3 is 24.6 Å². The van der Waals surface area contributed by atoms with E-state index in [1.165, 1.54) is 19.1 Å². The van der Waals surface area contributed by atoms with E-state index in [0.717, 1.165) is 19.5 Å². The lowest BCUT2D eigenvalue weighted by molar-refractivity contribution is -0.132. The molecule has 2 aromatic carbocycles. The third-order valence-electron chi connectivity index (χ3n) is 6.39. The number of fused-ring (bicyclic) bond motifs is 3. The van der Waals surface area contributed by atoms with E-state index in [0.29, 0.717) is 17.5 Å². The molecule has 0 spiro atoms. The fourth-order valence-electron chi connectivity index (χ4n) is 5.07. The van der Waals surface area contributed by atoms with Crippen LogP contribution in [0.5, 0.6) is 17.2 Å². The molecule has 2 aliphatic rings. The van der Waals surface area contributed by atoms with E-state index in [-0.39, 0.29) is 34.6 Å². The van der Waals surface area contributed by atoms with E-state index in [4.69, 9.17) is 9.47 Å². The number of phenols is 1. The normalized spacial score (nSPS) is 15.6. The number of esters is 2. The zero-order valence-electron chi connectivity index (χ0n) is 21.4. The molecule has 0 heterocycles. The average molecular weight is 523 g/mol. The van der Waals surface area contributed by atoms with Crippen molar-refractivity contribution in [2.24, 2.45) is 5.92 Å². The molecule has 3 N–H and O–H groups in total. The summed E-state index contributed by atoms with van der Waals surface area (Å²) in [5, 5.41) is 24.5. The summed E-state index contributed by atoms with van der Waals surface area (Å²) in [4.78, 5) is 63.3. The summed E-state index contributed by atoms with van der Waals surface area (Å²) in [5.74, 6) is -5.86. The Morgan fingerprint density at radius 3 is 2.16 bits per heavy atom. The molecule has 11 heteroatoms. The number of aromatic hydroxyl groups is 1. The van der Waals surface area contributed by atoms with Gasteiger partial charge in [0.1, 0.15) is 28.6 Å². The van der Waals surface area contributed by atoms with Crippen molar-refractivity contribution in [2.75, 3.05) is 19.0 Å². The van der Waals surface area contributed by atoms with Crippen molar-refractivity contribution in [3.63, 3.8) is 0 Å². The van der Waals surface area contributed by atoms with Crippen LogP contribution in [0.15, 0.2) is 23.8 Å². The lowest BCUT2D eigenvalue weighted by Gasteiger charge is -2.35. The van der Waals surface area contributed by atoms with Crippen molar-refractivity contribution in [1.82, 2.24) is 5.32 Å². The number of amides is 2. The number of benzene rings is 2. The molecule has 1 atom stereocenters. The summed E-state index contributed by atoms with van der Waals surface area (Å²) < 4.78 is 10.5. The Labute approximate surface area is 217 Å². The molecule has 2 aliphatic carbocycles. The molecule has 2 aromatic rings. The van der Waals surface area contributed by atoms with Gasteiger partial charge in [-0.05, 0) is 48.1 Å². The molecule has 1 unspecified atom stereocenters. The quantitative estimate of drug-likeness (QED) is 0.402. The SMILES string of the molecule is CC(=O)NC(=O)c1c(OC(C)=O)cc2c(c1O)C(=O)C1=C(O)c3c(OC(C)=O)ccc(N(C)C)c3CC1C2. The summed E-state index contributed by atoms with van der Waals surface area (Å²) in [7, 11) is 3.63. The molecule has 0 aliphatic heterocycles. The summed E-state index contributed by atoms with van der Waals surface area (Å²) in [6.45, 7) is 3.41. The second-order valence-corrected chi connectivity index (χ2v) is 9.36. The lowest BCUT2D eigenvalue weighted by atomic mass is 9.70. The maximum absolute atomic E-state index is 13.8. The van der Waals surface area contributed by atoms with Gasteiger partial charge >= 0.3 is 11.9 Å². The highest BCUT2D eigenvalue weighted by molar-refractivity contribution is 6.19. The zero-order chi connectivity index (χ0) is 28.0. The number of hydrogen-bond acceptors (Lipinski definition) is 10. The number of hydrogen-bond donors (Lipinski definition) is 3. The summed E-state index contributed by atoms with van der Waals surface area (Å²) in [6.07, 6.45) is 0.444. The van der Waals surface area contributed by atoms with E-state index in [1.807, 2.05) is 24.3 Å². The van der Waals surface area contributed by atoms with Crippen molar-refractivity contribution < 1.29 is 43.7 Å². The van der Waals surface area contributed by atoms with E-state index in [9.17, 15) is 34.2 Å². The Balaban J connectivity index is 1.96. The Kier molecular flexibility index (Phi) is 6.71. The predicted molar refractivity (Wildman–Crippen MR) is 134 cm³/mol. The van der Waals surface area contributed by atoms with E-state index >= 15 is 0 Å². The van der Waals surface area contributed by atoms with Crippen molar-refractivity contribution in [3.05, 3.63) is 51.6 Å². The molecule has 0 aromatic heterocycles. The number of aliphatic hydroxyl groups excluding tert-OH is 1. The summed E-state index contributed by atoms with van der Waals surface area (Å²) in [6, 6.07) is 4.59. The van der Waals surface area contributed by atoms with Crippen molar-refractivity contribution >= 4 is 41.0 Å². The molecular weight excluding hydrogens is 496 g/mol. The van der Waals surface area contributed by atoms with Gasteiger partial charge in [0.05, 0.1) is 11.1 Å². The highest BCUT2D eigenvalue weighted by atomic mass is 16.5. The van der Waals surface area contributed by atoms with Gasteiger partial charge in [-0.3, -0.25) is 29.3 Å². The van der Waals surface area contributed by atoms with Gasteiger partial charge in [0, 0.05) is 46.1 Å².